The molecule has 1 unspecified atom stereocenters. The number of amides is 1. The Morgan fingerprint density at radius 1 is 1.10 bits per heavy atom. The molecule has 0 saturated carbocycles. The van der Waals surface area contributed by atoms with Gasteiger partial charge >= 0.3 is 5.97 Å². The third-order valence-corrected chi connectivity index (χ3v) is 6.76. The number of carbonyl (C=O) groups is 2. The summed E-state index contributed by atoms with van der Waals surface area (Å²) in [6.07, 6.45) is 2.61. The van der Waals surface area contributed by atoms with Crippen LogP contribution < -0.4 is 10.1 Å². The van der Waals surface area contributed by atoms with Crippen molar-refractivity contribution in [2.24, 2.45) is 0 Å². The highest BCUT2D eigenvalue weighted by atomic mass is 32.1. The molecule has 160 valence electrons. The van der Waals surface area contributed by atoms with Gasteiger partial charge in [0.1, 0.15) is 10.8 Å². The van der Waals surface area contributed by atoms with Crippen LogP contribution in [0, 0.1) is 0 Å². The molecule has 1 aliphatic rings. The number of rotatable bonds is 6. The number of methoxy groups -OCH3 is 1. The molecular formula is C25H25NO4S. The van der Waals surface area contributed by atoms with Crippen molar-refractivity contribution in [2.45, 2.75) is 32.1 Å². The highest BCUT2D eigenvalue weighted by Crippen LogP contribution is 2.43. The van der Waals surface area contributed by atoms with Crippen LogP contribution in [0.15, 0.2) is 54.6 Å². The molecule has 4 rings (SSSR count). The van der Waals surface area contributed by atoms with Crippen molar-refractivity contribution in [2.75, 3.05) is 19.0 Å². The number of hydrogen-bond donors (Lipinski definition) is 1. The minimum Gasteiger partial charge on any atom is -0.497 e. The number of nitrogens with one attached hydrogen (secondary N) is 1. The van der Waals surface area contributed by atoms with Gasteiger partial charge < -0.3 is 14.8 Å². The second-order valence-corrected chi connectivity index (χ2v) is 8.57. The van der Waals surface area contributed by atoms with Gasteiger partial charge in [-0.15, -0.1) is 11.3 Å². The fourth-order valence-electron chi connectivity index (χ4n) is 4.02. The average Bonchev–Trinajstić information content (AvgIpc) is 3.16. The first-order valence-electron chi connectivity index (χ1n) is 10.4. The third-order valence-electron chi connectivity index (χ3n) is 5.60. The SMILES string of the molecule is CCOC(=O)c1c(NC(=O)c2ccc(OC)cc2)sc2c1CCC(c1ccccc1)C2. The monoisotopic (exact) mass is 435 g/mol. The summed E-state index contributed by atoms with van der Waals surface area (Å²) in [5, 5.41) is 3.52. The predicted molar refractivity (Wildman–Crippen MR) is 122 cm³/mol. The maximum absolute atomic E-state index is 12.8. The van der Waals surface area contributed by atoms with Gasteiger partial charge in [-0.2, -0.15) is 0 Å². The van der Waals surface area contributed by atoms with E-state index in [1.54, 1.807) is 38.3 Å². The van der Waals surface area contributed by atoms with Gasteiger partial charge in [0.15, 0.2) is 0 Å². The van der Waals surface area contributed by atoms with Gasteiger partial charge in [-0.1, -0.05) is 30.3 Å². The number of ether oxygens (including phenoxy) is 2. The fourth-order valence-corrected chi connectivity index (χ4v) is 5.33. The van der Waals surface area contributed by atoms with E-state index in [9.17, 15) is 9.59 Å². The Bertz CT molecular complexity index is 1070. The summed E-state index contributed by atoms with van der Waals surface area (Å²) < 4.78 is 10.5. The van der Waals surface area contributed by atoms with Gasteiger partial charge in [0.2, 0.25) is 0 Å². The molecule has 1 heterocycles. The molecule has 1 amide bonds. The molecule has 0 fully saturated rings. The van der Waals surface area contributed by atoms with Crippen molar-refractivity contribution in [1.82, 2.24) is 0 Å². The van der Waals surface area contributed by atoms with Crippen molar-refractivity contribution in [3.8, 4) is 5.75 Å². The first-order chi connectivity index (χ1) is 15.1. The molecule has 1 atom stereocenters. The van der Waals surface area contributed by atoms with Crippen LogP contribution in [0.5, 0.6) is 5.75 Å². The zero-order chi connectivity index (χ0) is 21.8. The number of esters is 1. The molecule has 0 radical (unpaired) electrons. The van der Waals surface area contributed by atoms with E-state index in [2.05, 4.69) is 29.6 Å². The Kier molecular flexibility index (Phi) is 6.37. The van der Waals surface area contributed by atoms with Crippen LogP contribution in [-0.4, -0.2) is 25.6 Å². The maximum Gasteiger partial charge on any atom is 0.341 e. The number of fused-ring (bicyclic) bond motifs is 1. The van der Waals surface area contributed by atoms with Crippen molar-refractivity contribution < 1.29 is 19.1 Å². The predicted octanol–water partition coefficient (Wildman–Crippen LogP) is 5.46. The van der Waals surface area contributed by atoms with Crippen molar-refractivity contribution in [3.05, 3.63) is 81.7 Å². The lowest BCUT2D eigenvalue weighted by molar-refractivity contribution is 0.0526. The van der Waals surface area contributed by atoms with Crippen molar-refractivity contribution in [1.29, 1.82) is 0 Å². The summed E-state index contributed by atoms with van der Waals surface area (Å²) in [5.41, 5.74) is 3.34. The maximum atomic E-state index is 12.8. The lowest BCUT2D eigenvalue weighted by Gasteiger charge is -2.23. The zero-order valence-corrected chi connectivity index (χ0v) is 18.5. The molecule has 0 aliphatic heterocycles. The van der Waals surface area contributed by atoms with Crippen molar-refractivity contribution >= 4 is 28.2 Å². The first kappa shape index (κ1) is 21.1. The van der Waals surface area contributed by atoms with Crippen LogP contribution in [0.3, 0.4) is 0 Å². The number of carbonyl (C=O) groups excluding carboxylic acids is 2. The summed E-state index contributed by atoms with van der Waals surface area (Å²) >= 11 is 1.49. The standard InChI is InChI=1S/C25H25NO4S/c1-3-30-25(28)22-20-14-11-18(16-7-5-4-6-8-16)15-21(20)31-24(22)26-23(27)17-9-12-19(29-2)13-10-17/h4-10,12-13,18H,3,11,14-15H2,1-2H3,(H,26,27). The largest absolute Gasteiger partial charge is 0.497 e. The molecule has 0 saturated heterocycles. The Hall–Kier alpha value is -3.12. The normalized spacial score (nSPS) is 15.1. The molecule has 31 heavy (non-hydrogen) atoms. The number of anilines is 1. The molecule has 6 heteroatoms. The van der Waals surface area contributed by atoms with Crippen LogP contribution in [0.2, 0.25) is 0 Å². The molecule has 2 aromatic carbocycles. The Labute approximate surface area is 186 Å². The summed E-state index contributed by atoms with van der Waals surface area (Å²) in [5.74, 6) is 0.462. The van der Waals surface area contributed by atoms with Crippen LogP contribution in [0.4, 0.5) is 5.00 Å². The van der Waals surface area contributed by atoms with E-state index in [1.165, 1.54) is 16.9 Å². The summed E-state index contributed by atoms with van der Waals surface area (Å²) in [6.45, 7) is 2.08. The molecule has 5 nitrogen and oxygen atoms in total. The van der Waals surface area contributed by atoms with Gasteiger partial charge in [-0.05, 0) is 67.5 Å². The fraction of sp³-hybridized carbons (Fsp3) is 0.280. The summed E-state index contributed by atoms with van der Waals surface area (Å²) in [7, 11) is 1.58. The Morgan fingerprint density at radius 2 is 1.84 bits per heavy atom. The zero-order valence-electron chi connectivity index (χ0n) is 17.6. The summed E-state index contributed by atoms with van der Waals surface area (Å²) in [6, 6.07) is 17.3. The quantitative estimate of drug-likeness (QED) is 0.522. The van der Waals surface area contributed by atoms with Crippen molar-refractivity contribution in [3.63, 3.8) is 0 Å². The van der Waals surface area contributed by atoms with Gasteiger partial charge in [-0.25, -0.2) is 4.79 Å². The Balaban J connectivity index is 1.63. The second-order valence-electron chi connectivity index (χ2n) is 7.46. The molecule has 0 bridgehead atoms. The minimum atomic E-state index is -0.372. The van der Waals surface area contributed by atoms with Gasteiger partial charge in [0, 0.05) is 10.4 Å². The van der Waals surface area contributed by atoms with E-state index in [4.69, 9.17) is 9.47 Å². The van der Waals surface area contributed by atoms with Crippen LogP contribution in [0.25, 0.3) is 0 Å². The third kappa shape index (κ3) is 4.49. The smallest absolute Gasteiger partial charge is 0.341 e. The van der Waals surface area contributed by atoms with Gasteiger partial charge in [0.05, 0.1) is 19.3 Å². The first-order valence-corrected chi connectivity index (χ1v) is 11.2. The van der Waals surface area contributed by atoms with E-state index in [1.807, 2.05) is 6.07 Å². The van der Waals surface area contributed by atoms with E-state index in [0.717, 1.165) is 29.7 Å². The van der Waals surface area contributed by atoms with E-state index in [-0.39, 0.29) is 11.9 Å². The van der Waals surface area contributed by atoms with Crippen LogP contribution in [-0.2, 0) is 17.6 Å². The molecule has 1 aromatic heterocycles. The van der Waals surface area contributed by atoms with E-state index < -0.39 is 0 Å². The van der Waals surface area contributed by atoms with E-state index >= 15 is 0 Å². The van der Waals surface area contributed by atoms with Crippen LogP contribution in [0.1, 0.15) is 56.0 Å². The highest BCUT2D eigenvalue weighted by molar-refractivity contribution is 7.17. The van der Waals surface area contributed by atoms with E-state index in [0.29, 0.717) is 34.4 Å². The van der Waals surface area contributed by atoms with Gasteiger partial charge in [-0.3, -0.25) is 4.79 Å². The molecule has 3 aromatic rings. The second kappa shape index (κ2) is 9.35. The minimum absolute atomic E-state index is 0.258. The molecule has 1 aliphatic carbocycles. The van der Waals surface area contributed by atoms with Gasteiger partial charge in [0.25, 0.3) is 5.91 Å². The molecular weight excluding hydrogens is 410 g/mol. The Morgan fingerprint density at radius 3 is 2.52 bits per heavy atom. The molecule has 1 N–H and O–H groups in total. The lowest BCUT2D eigenvalue weighted by Crippen LogP contribution is -2.17. The number of thiophene rings is 1. The van der Waals surface area contributed by atoms with Crippen LogP contribution >= 0.6 is 11.3 Å². The molecule has 0 spiro atoms. The highest BCUT2D eigenvalue weighted by Gasteiger charge is 2.31. The lowest BCUT2D eigenvalue weighted by atomic mass is 9.83. The topological polar surface area (TPSA) is 64.6 Å². The summed E-state index contributed by atoms with van der Waals surface area (Å²) in [4.78, 5) is 26.8. The number of benzene rings is 2. The number of hydrogen-bond acceptors (Lipinski definition) is 5. The average molecular weight is 436 g/mol.